The van der Waals surface area contributed by atoms with Crippen LogP contribution in [0, 0.1) is 6.92 Å². The van der Waals surface area contributed by atoms with Crippen LogP contribution in [0.15, 0.2) is 42.6 Å². The lowest BCUT2D eigenvalue weighted by atomic mass is 10.0. The number of hydrogen-bond acceptors (Lipinski definition) is 3. The largest absolute Gasteiger partial charge is 0.396 e. The van der Waals surface area contributed by atoms with Crippen LogP contribution in [-0.2, 0) is 6.42 Å². The molecule has 2 heterocycles. The van der Waals surface area contributed by atoms with Crippen molar-refractivity contribution in [2.75, 3.05) is 6.61 Å². The molecule has 0 aliphatic rings. The minimum absolute atomic E-state index is 0.114. The first-order valence-corrected chi connectivity index (χ1v) is 7.19. The molecule has 0 fully saturated rings. The number of rotatable bonds is 3. The lowest BCUT2D eigenvalue weighted by molar-refractivity contribution is 0.300. The van der Waals surface area contributed by atoms with Crippen molar-refractivity contribution >= 4 is 22.5 Å². The zero-order chi connectivity index (χ0) is 14.8. The van der Waals surface area contributed by atoms with Crippen molar-refractivity contribution < 1.29 is 5.11 Å². The van der Waals surface area contributed by atoms with Crippen LogP contribution in [0.3, 0.4) is 0 Å². The molecule has 3 rings (SSSR count). The fourth-order valence-electron chi connectivity index (χ4n) is 2.46. The monoisotopic (exact) mass is 298 g/mol. The summed E-state index contributed by atoms with van der Waals surface area (Å²) in [6.07, 6.45) is 2.22. The SMILES string of the molecule is Cc1cc(-c2ccc(Cl)cn2)nc2c(CCO)cccc12. The summed E-state index contributed by atoms with van der Waals surface area (Å²) in [6.45, 7) is 2.18. The van der Waals surface area contributed by atoms with Crippen molar-refractivity contribution in [1.82, 2.24) is 9.97 Å². The second-order valence-electron chi connectivity index (χ2n) is 4.97. The lowest BCUT2D eigenvalue weighted by Gasteiger charge is -2.10. The number of para-hydroxylation sites is 1. The van der Waals surface area contributed by atoms with Crippen LogP contribution < -0.4 is 0 Å². The summed E-state index contributed by atoms with van der Waals surface area (Å²) in [7, 11) is 0. The lowest BCUT2D eigenvalue weighted by Crippen LogP contribution is -1.97. The highest BCUT2D eigenvalue weighted by atomic mass is 35.5. The number of aliphatic hydroxyl groups is 1. The fraction of sp³-hybridized carbons (Fsp3) is 0.176. The van der Waals surface area contributed by atoms with E-state index in [1.807, 2.05) is 30.3 Å². The molecule has 1 aromatic carbocycles. The Morgan fingerprint density at radius 1 is 1.14 bits per heavy atom. The molecule has 3 nitrogen and oxygen atoms in total. The molecule has 0 bridgehead atoms. The minimum Gasteiger partial charge on any atom is -0.396 e. The molecular weight excluding hydrogens is 284 g/mol. The van der Waals surface area contributed by atoms with Crippen LogP contribution in [0.5, 0.6) is 0 Å². The van der Waals surface area contributed by atoms with Gasteiger partial charge in [-0.05, 0) is 42.7 Å². The van der Waals surface area contributed by atoms with Crippen LogP contribution in [0.1, 0.15) is 11.1 Å². The molecular formula is C17H15ClN2O. The Kier molecular flexibility index (Phi) is 3.86. The third-order valence-electron chi connectivity index (χ3n) is 3.50. The Bertz CT molecular complexity index is 785. The van der Waals surface area contributed by atoms with Gasteiger partial charge in [0, 0.05) is 18.2 Å². The van der Waals surface area contributed by atoms with Gasteiger partial charge in [0.25, 0.3) is 0 Å². The van der Waals surface area contributed by atoms with E-state index in [2.05, 4.69) is 18.0 Å². The molecule has 2 aromatic heterocycles. The van der Waals surface area contributed by atoms with Gasteiger partial charge in [-0.2, -0.15) is 0 Å². The third-order valence-corrected chi connectivity index (χ3v) is 3.72. The van der Waals surface area contributed by atoms with E-state index in [-0.39, 0.29) is 6.61 Å². The van der Waals surface area contributed by atoms with Crippen molar-refractivity contribution in [2.24, 2.45) is 0 Å². The van der Waals surface area contributed by atoms with Crippen LogP contribution in [0.25, 0.3) is 22.3 Å². The summed E-state index contributed by atoms with van der Waals surface area (Å²) in [5.41, 5.74) is 4.74. The van der Waals surface area contributed by atoms with Gasteiger partial charge >= 0.3 is 0 Å². The van der Waals surface area contributed by atoms with Gasteiger partial charge in [-0.25, -0.2) is 4.98 Å². The van der Waals surface area contributed by atoms with E-state index >= 15 is 0 Å². The Labute approximate surface area is 128 Å². The maximum atomic E-state index is 9.21. The summed E-state index contributed by atoms with van der Waals surface area (Å²) >= 11 is 5.88. The van der Waals surface area contributed by atoms with Gasteiger partial charge in [0.15, 0.2) is 0 Å². The Morgan fingerprint density at radius 3 is 2.71 bits per heavy atom. The summed E-state index contributed by atoms with van der Waals surface area (Å²) in [4.78, 5) is 9.07. The number of nitrogens with zero attached hydrogens (tertiary/aromatic N) is 2. The molecule has 1 N–H and O–H groups in total. The molecule has 0 unspecified atom stereocenters. The van der Waals surface area contributed by atoms with Gasteiger partial charge in [-0.1, -0.05) is 29.8 Å². The number of aliphatic hydroxyl groups excluding tert-OH is 1. The van der Waals surface area contributed by atoms with Crippen molar-refractivity contribution in [1.29, 1.82) is 0 Å². The smallest absolute Gasteiger partial charge is 0.0896 e. The van der Waals surface area contributed by atoms with Gasteiger partial charge in [0.2, 0.25) is 0 Å². The minimum atomic E-state index is 0.114. The van der Waals surface area contributed by atoms with Crippen LogP contribution in [0.2, 0.25) is 5.02 Å². The second-order valence-corrected chi connectivity index (χ2v) is 5.41. The third kappa shape index (κ3) is 2.75. The second kappa shape index (κ2) is 5.80. The first kappa shape index (κ1) is 14.0. The summed E-state index contributed by atoms with van der Waals surface area (Å²) in [5, 5.41) is 10.9. The van der Waals surface area contributed by atoms with Gasteiger partial charge in [-0.15, -0.1) is 0 Å². The average molecular weight is 299 g/mol. The maximum absolute atomic E-state index is 9.21. The van der Waals surface area contributed by atoms with Gasteiger partial charge in [0.05, 0.1) is 21.9 Å². The Morgan fingerprint density at radius 2 is 2.00 bits per heavy atom. The van der Waals surface area contributed by atoms with E-state index in [1.54, 1.807) is 6.20 Å². The van der Waals surface area contributed by atoms with E-state index in [0.717, 1.165) is 33.4 Å². The fourth-order valence-corrected chi connectivity index (χ4v) is 2.57. The number of hydrogen-bond donors (Lipinski definition) is 1. The molecule has 0 spiro atoms. The van der Waals surface area contributed by atoms with E-state index < -0.39 is 0 Å². The van der Waals surface area contributed by atoms with Crippen LogP contribution in [-0.4, -0.2) is 21.7 Å². The maximum Gasteiger partial charge on any atom is 0.0896 e. The first-order chi connectivity index (χ1) is 10.2. The normalized spacial score (nSPS) is 11.0. The first-order valence-electron chi connectivity index (χ1n) is 6.81. The average Bonchev–Trinajstić information content (AvgIpc) is 2.49. The highest BCUT2D eigenvalue weighted by molar-refractivity contribution is 6.30. The van der Waals surface area contributed by atoms with E-state index in [9.17, 15) is 5.11 Å². The zero-order valence-electron chi connectivity index (χ0n) is 11.7. The topological polar surface area (TPSA) is 46.0 Å². The summed E-state index contributed by atoms with van der Waals surface area (Å²) in [5.74, 6) is 0. The molecule has 0 amide bonds. The number of aromatic nitrogens is 2. The molecule has 0 saturated heterocycles. The van der Waals surface area contributed by atoms with Gasteiger partial charge in [-0.3, -0.25) is 4.98 Å². The zero-order valence-corrected chi connectivity index (χ0v) is 12.4. The molecule has 3 aromatic rings. The molecule has 0 saturated carbocycles. The number of fused-ring (bicyclic) bond motifs is 1. The van der Waals surface area contributed by atoms with Gasteiger partial charge in [0.1, 0.15) is 0 Å². The highest BCUT2D eigenvalue weighted by Crippen LogP contribution is 2.26. The molecule has 106 valence electrons. The molecule has 0 atom stereocenters. The number of halogens is 1. The van der Waals surface area contributed by atoms with Crippen molar-refractivity contribution in [3.8, 4) is 11.4 Å². The van der Waals surface area contributed by atoms with E-state index in [1.165, 1.54) is 0 Å². The molecule has 21 heavy (non-hydrogen) atoms. The van der Waals surface area contributed by atoms with Crippen LogP contribution >= 0.6 is 11.6 Å². The van der Waals surface area contributed by atoms with E-state index in [4.69, 9.17) is 16.6 Å². The van der Waals surface area contributed by atoms with Crippen molar-refractivity contribution in [2.45, 2.75) is 13.3 Å². The quantitative estimate of drug-likeness (QED) is 0.800. The molecule has 4 heteroatoms. The number of pyridine rings is 2. The standard InChI is InChI=1S/C17H15ClN2O/c1-11-9-16(15-6-5-13(18)10-19-15)20-17-12(7-8-21)3-2-4-14(11)17/h2-6,9-10,21H,7-8H2,1H3. The van der Waals surface area contributed by atoms with Crippen molar-refractivity contribution in [3.63, 3.8) is 0 Å². The predicted molar refractivity (Wildman–Crippen MR) is 85.5 cm³/mol. The van der Waals surface area contributed by atoms with Crippen molar-refractivity contribution in [3.05, 3.63) is 58.7 Å². The predicted octanol–water partition coefficient (Wildman–Crippen LogP) is 3.79. The number of aryl methyl sites for hydroxylation is 1. The van der Waals surface area contributed by atoms with E-state index in [0.29, 0.717) is 11.4 Å². The van der Waals surface area contributed by atoms with Gasteiger partial charge < -0.3 is 5.11 Å². The Balaban J connectivity index is 2.21. The van der Waals surface area contributed by atoms with Crippen LogP contribution in [0.4, 0.5) is 0 Å². The molecule has 0 aliphatic carbocycles. The highest BCUT2D eigenvalue weighted by Gasteiger charge is 2.09. The number of benzene rings is 1. The molecule has 0 radical (unpaired) electrons. The molecule has 0 aliphatic heterocycles. The summed E-state index contributed by atoms with van der Waals surface area (Å²) < 4.78 is 0. The Hall–Kier alpha value is -1.97. The summed E-state index contributed by atoms with van der Waals surface area (Å²) in [6, 6.07) is 11.8.